The van der Waals surface area contributed by atoms with Crippen LogP contribution >= 0.6 is 34.8 Å². The first-order chi connectivity index (χ1) is 9.90. The van der Waals surface area contributed by atoms with Crippen LogP contribution in [0.2, 0.25) is 15.1 Å². The highest BCUT2D eigenvalue weighted by atomic mass is 35.5. The molecular formula is C15H13Cl3N2O. The van der Waals surface area contributed by atoms with Crippen molar-refractivity contribution in [1.82, 2.24) is 5.32 Å². The van der Waals surface area contributed by atoms with E-state index in [-0.39, 0.29) is 17.5 Å². The Balaban J connectivity index is 2.23. The van der Waals surface area contributed by atoms with E-state index in [0.717, 1.165) is 5.56 Å². The second-order valence-corrected chi connectivity index (χ2v) is 5.82. The van der Waals surface area contributed by atoms with Gasteiger partial charge in [0.15, 0.2) is 0 Å². The van der Waals surface area contributed by atoms with Crippen molar-refractivity contribution in [1.29, 1.82) is 0 Å². The fourth-order valence-electron chi connectivity index (χ4n) is 1.98. The van der Waals surface area contributed by atoms with E-state index in [1.807, 2.05) is 6.92 Å². The number of benzene rings is 2. The van der Waals surface area contributed by atoms with Crippen molar-refractivity contribution < 1.29 is 4.79 Å². The lowest BCUT2D eigenvalue weighted by Crippen LogP contribution is -2.27. The van der Waals surface area contributed by atoms with Crippen LogP contribution in [-0.2, 0) is 0 Å². The molecule has 110 valence electrons. The third-order valence-electron chi connectivity index (χ3n) is 3.05. The van der Waals surface area contributed by atoms with E-state index < -0.39 is 0 Å². The molecule has 0 saturated carbocycles. The summed E-state index contributed by atoms with van der Waals surface area (Å²) >= 11 is 18.0. The first-order valence-corrected chi connectivity index (χ1v) is 7.33. The van der Waals surface area contributed by atoms with Gasteiger partial charge in [0.2, 0.25) is 0 Å². The summed E-state index contributed by atoms with van der Waals surface area (Å²) in [6.45, 7) is 1.82. The molecule has 0 fully saturated rings. The van der Waals surface area contributed by atoms with Gasteiger partial charge in [0.1, 0.15) is 0 Å². The molecule has 0 aliphatic heterocycles. The van der Waals surface area contributed by atoms with Gasteiger partial charge in [-0.25, -0.2) is 0 Å². The van der Waals surface area contributed by atoms with Crippen molar-refractivity contribution in [2.75, 3.05) is 5.73 Å². The van der Waals surface area contributed by atoms with Crippen molar-refractivity contribution in [2.24, 2.45) is 0 Å². The van der Waals surface area contributed by atoms with Crippen LogP contribution in [0.5, 0.6) is 0 Å². The van der Waals surface area contributed by atoms with E-state index in [2.05, 4.69) is 5.32 Å². The summed E-state index contributed by atoms with van der Waals surface area (Å²) in [5.74, 6) is -0.350. The van der Waals surface area contributed by atoms with Crippen LogP contribution in [0.4, 0.5) is 5.69 Å². The number of carbonyl (C=O) groups excluding carboxylic acids is 1. The zero-order chi connectivity index (χ0) is 15.6. The molecular weight excluding hydrogens is 331 g/mol. The molecule has 21 heavy (non-hydrogen) atoms. The molecule has 1 unspecified atom stereocenters. The molecule has 6 heteroatoms. The van der Waals surface area contributed by atoms with Crippen molar-refractivity contribution in [3.63, 3.8) is 0 Å². The van der Waals surface area contributed by atoms with E-state index in [1.54, 1.807) is 36.4 Å². The summed E-state index contributed by atoms with van der Waals surface area (Å²) in [5, 5.41) is 4.16. The molecule has 0 aliphatic carbocycles. The zero-order valence-electron chi connectivity index (χ0n) is 11.2. The summed E-state index contributed by atoms with van der Waals surface area (Å²) in [5.41, 5.74) is 7.15. The average Bonchev–Trinajstić information content (AvgIpc) is 2.37. The van der Waals surface area contributed by atoms with Gasteiger partial charge in [0.25, 0.3) is 5.91 Å². The second-order valence-electron chi connectivity index (χ2n) is 4.57. The smallest absolute Gasteiger partial charge is 0.255 e. The first-order valence-electron chi connectivity index (χ1n) is 6.20. The highest BCUT2D eigenvalue weighted by molar-refractivity contribution is 6.35. The van der Waals surface area contributed by atoms with E-state index in [4.69, 9.17) is 40.5 Å². The van der Waals surface area contributed by atoms with E-state index in [1.165, 1.54) is 0 Å². The largest absolute Gasteiger partial charge is 0.398 e. The van der Waals surface area contributed by atoms with Crippen molar-refractivity contribution in [3.05, 3.63) is 62.6 Å². The highest BCUT2D eigenvalue weighted by Gasteiger charge is 2.18. The minimum Gasteiger partial charge on any atom is -0.398 e. The maximum Gasteiger partial charge on any atom is 0.255 e. The van der Waals surface area contributed by atoms with Crippen LogP contribution in [0.25, 0.3) is 0 Å². The van der Waals surface area contributed by atoms with Gasteiger partial charge in [0.05, 0.1) is 16.6 Å². The lowest BCUT2D eigenvalue weighted by Gasteiger charge is -2.17. The third-order valence-corrected chi connectivity index (χ3v) is 3.93. The molecule has 0 radical (unpaired) electrons. The van der Waals surface area contributed by atoms with Gasteiger partial charge in [-0.3, -0.25) is 4.79 Å². The Morgan fingerprint density at radius 1 is 1.14 bits per heavy atom. The summed E-state index contributed by atoms with van der Waals surface area (Å²) in [4.78, 5) is 12.3. The van der Waals surface area contributed by atoms with Gasteiger partial charge < -0.3 is 11.1 Å². The molecule has 2 aromatic carbocycles. The number of amides is 1. The molecule has 0 aliphatic rings. The van der Waals surface area contributed by atoms with Crippen LogP contribution in [-0.4, -0.2) is 5.91 Å². The maximum absolute atomic E-state index is 12.3. The van der Waals surface area contributed by atoms with Crippen molar-refractivity contribution in [2.45, 2.75) is 13.0 Å². The second kappa shape index (κ2) is 6.56. The summed E-state index contributed by atoms with van der Waals surface area (Å²) in [6, 6.07) is 9.74. The number of carbonyl (C=O) groups is 1. The van der Waals surface area contributed by atoms with Crippen LogP contribution in [0.15, 0.2) is 36.4 Å². The molecule has 2 aromatic rings. The Morgan fingerprint density at radius 2 is 1.86 bits per heavy atom. The van der Waals surface area contributed by atoms with Gasteiger partial charge >= 0.3 is 0 Å². The maximum atomic E-state index is 12.3. The van der Waals surface area contributed by atoms with Crippen LogP contribution in [0.3, 0.4) is 0 Å². The monoisotopic (exact) mass is 342 g/mol. The van der Waals surface area contributed by atoms with Gasteiger partial charge in [0, 0.05) is 15.7 Å². The molecule has 0 saturated heterocycles. The SMILES string of the molecule is CC(NC(=O)c1c(N)cccc1Cl)c1ccc(Cl)cc1Cl. The summed E-state index contributed by atoms with van der Waals surface area (Å²) in [6.07, 6.45) is 0. The number of halogens is 3. The zero-order valence-corrected chi connectivity index (χ0v) is 13.4. The lowest BCUT2D eigenvalue weighted by molar-refractivity contribution is 0.0941. The number of hydrogen-bond donors (Lipinski definition) is 2. The minimum absolute atomic E-state index is 0.260. The molecule has 1 amide bonds. The Bertz CT molecular complexity index is 668. The standard InChI is InChI=1S/C15H13Cl3N2O/c1-8(10-6-5-9(16)7-12(10)18)20-15(21)14-11(17)3-2-4-13(14)19/h2-8H,19H2,1H3,(H,20,21). The fraction of sp³-hybridized carbons (Fsp3) is 0.133. The molecule has 3 N–H and O–H groups in total. The average molecular weight is 344 g/mol. The Kier molecular flexibility index (Phi) is 4.99. The van der Waals surface area contributed by atoms with E-state index in [0.29, 0.717) is 20.8 Å². The predicted octanol–water partition coefficient (Wildman–Crippen LogP) is 4.72. The fourth-order valence-corrected chi connectivity index (χ4v) is 2.82. The summed E-state index contributed by atoms with van der Waals surface area (Å²) in [7, 11) is 0. The molecule has 0 heterocycles. The molecule has 0 spiro atoms. The number of nitrogens with one attached hydrogen (secondary N) is 1. The molecule has 0 bridgehead atoms. The van der Waals surface area contributed by atoms with Crippen LogP contribution in [0.1, 0.15) is 28.9 Å². The molecule has 3 nitrogen and oxygen atoms in total. The Hall–Kier alpha value is -1.42. The van der Waals surface area contributed by atoms with Crippen molar-refractivity contribution >= 4 is 46.4 Å². The number of anilines is 1. The molecule has 2 rings (SSSR count). The number of nitrogen functional groups attached to an aromatic ring is 1. The Labute approximate surface area is 138 Å². The van der Waals surface area contributed by atoms with Gasteiger partial charge in [-0.2, -0.15) is 0 Å². The minimum atomic E-state index is -0.350. The quantitative estimate of drug-likeness (QED) is 0.792. The number of nitrogens with two attached hydrogens (primary N) is 1. The van der Waals surface area contributed by atoms with Gasteiger partial charge in [-0.1, -0.05) is 46.9 Å². The number of hydrogen-bond acceptors (Lipinski definition) is 2. The lowest BCUT2D eigenvalue weighted by atomic mass is 10.1. The summed E-state index contributed by atoms with van der Waals surface area (Å²) < 4.78 is 0. The van der Waals surface area contributed by atoms with Crippen LogP contribution < -0.4 is 11.1 Å². The molecule has 0 aromatic heterocycles. The van der Waals surface area contributed by atoms with Crippen LogP contribution in [0, 0.1) is 0 Å². The van der Waals surface area contributed by atoms with E-state index in [9.17, 15) is 4.79 Å². The topological polar surface area (TPSA) is 55.1 Å². The number of rotatable bonds is 3. The Morgan fingerprint density at radius 3 is 2.48 bits per heavy atom. The molecule has 1 atom stereocenters. The van der Waals surface area contributed by atoms with Gasteiger partial charge in [-0.05, 0) is 36.8 Å². The van der Waals surface area contributed by atoms with Crippen molar-refractivity contribution in [3.8, 4) is 0 Å². The normalized spacial score (nSPS) is 12.0. The van der Waals surface area contributed by atoms with Gasteiger partial charge in [-0.15, -0.1) is 0 Å². The third kappa shape index (κ3) is 3.62. The highest BCUT2D eigenvalue weighted by Crippen LogP contribution is 2.27. The predicted molar refractivity (Wildman–Crippen MR) is 88.2 cm³/mol. The first kappa shape index (κ1) is 16.0. The van der Waals surface area contributed by atoms with E-state index >= 15 is 0 Å².